The Morgan fingerprint density at radius 3 is 2.74 bits per heavy atom. The van der Waals surface area contributed by atoms with E-state index in [0.29, 0.717) is 13.2 Å². The van der Waals surface area contributed by atoms with E-state index in [2.05, 4.69) is 35.9 Å². The molecule has 0 radical (unpaired) electrons. The van der Waals surface area contributed by atoms with Gasteiger partial charge in [-0.1, -0.05) is 25.5 Å². The first-order valence-electron chi connectivity index (χ1n) is 6.93. The summed E-state index contributed by atoms with van der Waals surface area (Å²) in [5.74, 6) is -0.132. The van der Waals surface area contributed by atoms with E-state index in [1.807, 2.05) is 12.1 Å². The molecule has 19 heavy (non-hydrogen) atoms. The minimum Gasteiger partial charge on any atom is -0.464 e. The van der Waals surface area contributed by atoms with Gasteiger partial charge in [-0.3, -0.25) is 4.79 Å². The summed E-state index contributed by atoms with van der Waals surface area (Å²) in [6.07, 6.45) is 1.98. The minimum absolute atomic E-state index is 0.132. The van der Waals surface area contributed by atoms with E-state index >= 15 is 0 Å². The Bertz CT molecular complexity index is 434. The van der Waals surface area contributed by atoms with Gasteiger partial charge >= 0.3 is 5.97 Å². The zero-order valence-electron chi connectivity index (χ0n) is 11.8. The zero-order chi connectivity index (χ0) is 13.7. The Labute approximate surface area is 115 Å². The highest BCUT2D eigenvalue weighted by atomic mass is 16.5. The summed E-state index contributed by atoms with van der Waals surface area (Å²) in [5.41, 5.74) is 2.29. The molecule has 1 aromatic carbocycles. The Morgan fingerprint density at radius 1 is 1.26 bits per heavy atom. The molecule has 1 heterocycles. The molecule has 0 N–H and O–H groups in total. The molecular formula is C15H22N2O2. The maximum atomic E-state index is 11.8. The van der Waals surface area contributed by atoms with Crippen LogP contribution in [0, 0.1) is 0 Å². The van der Waals surface area contributed by atoms with Gasteiger partial charge in [0.05, 0.1) is 18.0 Å². The number of likely N-dealkylation sites (N-methyl/N-ethyl adjacent to an activating group) is 1. The fourth-order valence-corrected chi connectivity index (χ4v) is 2.26. The number of nitrogens with zero attached hydrogens (tertiary/aromatic N) is 2. The van der Waals surface area contributed by atoms with Gasteiger partial charge in [-0.15, -0.1) is 0 Å². The first kappa shape index (κ1) is 13.7. The van der Waals surface area contributed by atoms with Crippen LogP contribution < -0.4 is 9.80 Å². The van der Waals surface area contributed by atoms with Crippen LogP contribution in [0.2, 0.25) is 0 Å². The van der Waals surface area contributed by atoms with Crippen LogP contribution >= 0.6 is 0 Å². The number of anilines is 2. The van der Waals surface area contributed by atoms with E-state index in [1.54, 1.807) is 0 Å². The number of rotatable bonds is 5. The van der Waals surface area contributed by atoms with Crippen molar-refractivity contribution in [1.29, 1.82) is 0 Å². The summed E-state index contributed by atoms with van der Waals surface area (Å²) in [7, 11) is 2.08. The standard InChI is InChI=1S/C15H22N2O2/c1-3-4-11-19-15(18)12-17-10-9-16(2)13-7-5-6-8-14(13)17/h5-8H,3-4,9-12H2,1-2H3. The predicted molar refractivity (Wildman–Crippen MR) is 77.8 cm³/mol. The summed E-state index contributed by atoms with van der Waals surface area (Å²) in [6.45, 7) is 4.75. The van der Waals surface area contributed by atoms with Gasteiger partial charge in [0.15, 0.2) is 0 Å². The molecule has 0 spiro atoms. The second-order valence-electron chi connectivity index (χ2n) is 4.91. The molecule has 0 amide bonds. The maximum Gasteiger partial charge on any atom is 0.325 e. The van der Waals surface area contributed by atoms with Crippen LogP contribution in [0.15, 0.2) is 24.3 Å². The SMILES string of the molecule is CCCCOC(=O)CN1CCN(C)c2ccccc21. The topological polar surface area (TPSA) is 32.8 Å². The summed E-state index contributed by atoms with van der Waals surface area (Å²) in [6, 6.07) is 8.18. The van der Waals surface area contributed by atoms with Gasteiger partial charge in [-0.25, -0.2) is 0 Å². The first-order chi connectivity index (χ1) is 9.22. The number of carbonyl (C=O) groups is 1. The zero-order valence-corrected chi connectivity index (χ0v) is 11.8. The molecule has 0 saturated heterocycles. The quantitative estimate of drug-likeness (QED) is 0.602. The fraction of sp³-hybridized carbons (Fsp3) is 0.533. The number of hydrogen-bond acceptors (Lipinski definition) is 4. The third-order valence-electron chi connectivity index (χ3n) is 3.42. The van der Waals surface area contributed by atoms with E-state index < -0.39 is 0 Å². The molecule has 0 aromatic heterocycles. The molecule has 0 saturated carbocycles. The van der Waals surface area contributed by atoms with E-state index in [-0.39, 0.29) is 5.97 Å². The van der Waals surface area contributed by atoms with Crippen LogP contribution in [-0.2, 0) is 9.53 Å². The van der Waals surface area contributed by atoms with Crippen molar-refractivity contribution < 1.29 is 9.53 Å². The van der Waals surface area contributed by atoms with Crippen molar-refractivity contribution in [3.05, 3.63) is 24.3 Å². The number of esters is 1. The molecule has 1 aliphatic rings. The number of benzene rings is 1. The van der Waals surface area contributed by atoms with Crippen molar-refractivity contribution in [3.8, 4) is 0 Å². The van der Waals surface area contributed by atoms with Gasteiger partial charge in [0.1, 0.15) is 6.54 Å². The summed E-state index contributed by atoms with van der Waals surface area (Å²) >= 11 is 0. The maximum absolute atomic E-state index is 11.8. The van der Waals surface area contributed by atoms with Crippen molar-refractivity contribution in [2.24, 2.45) is 0 Å². The number of hydrogen-bond donors (Lipinski definition) is 0. The lowest BCUT2D eigenvalue weighted by Gasteiger charge is -2.36. The molecule has 104 valence electrons. The van der Waals surface area contributed by atoms with Crippen LogP contribution in [0.25, 0.3) is 0 Å². The second-order valence-corrected chi connectivity index (χ2v) is 4.91. The first-order valence-corrected chi connectivity index (χ1v) is 6.93. The molecule has 0 atom stereocenters. The third kappa shape index (κ3) is 3.40. The highest BCUT2D eigenvalue weighted by molar-refractivity contribution is 5.80. The van der Waals surface area contributed by atoms with E-state index in [9.17, 15) is 4.79 Å². The van der Waals surface area contributed by atoms with Gasteiger partial charge in [0, 0.05) is 20.1 Å². The average Bonchev–Trinajstić information content (AvgIpc) is 2.43. The van der Waals surface area contributed by atoms with E-state index in [4.69, 9.17) is 4.74 Å². The van der Waals surface area contributed by atoms with Crippen molar-refractivity contribution >= 4 is 17.3 Å². The molecule has 4 nitrogen and oxygen atoms in total. The Morgan fingerprint density at radius 2 is 2.00 bits per heavy atom. The van der Waals surface area contributed by atoms with E-state index in [0.717, 1.165) is 31.6 Å². The Kier molecular flexibility index (Phi) is 4.66. The molecular weight excluding hydrogens is 240 g/mol. The predicted octanol–water partition coefficient (Wildman–Crippen LogP) is 2.29. The molecule has 0 unspecified atom stereocenters. The van der Waals surface area contributed by atoms with E-state index in [1.165, 1.54) is 5.69 Å². The Hall–Kier alpha value is -1.71. The lowest BCUT2D eigenvalue weighted by atomic mass is 10.2. The number of para-hydroxylation sites is 2. The molecule has 0 bridgehead atoms. The molecule has 4 heteroatoms. The minimum atomic E-state index is -0.132. The van der Waals surface area contributed by atoms with Gasteiger partial charge in [-0.2, -0.15) is 0 Å². The molecule has 2 rings (SSSR count). The van der Waals surface area contributed by atoms with Gasteiger partial charge in [0.25, 0.3) is 0 Å². The van der Waals surface area contributed by atoms with Crippen molar-refractivity contribution in [2.75, 3.05) is 43.1 Å². The van der Waals surface area contributed by atoms with Crippen LogP contribution in [0.5, 0.6) is 0 Å². The highest BCUT2D eigenvalue weighted by Gasteiger charge is 2.21. The third-order valence-corrected chi connectivity index (χ3v) is 3.42. The summed E-state index contributed by atoms with van der Waals surface area (Å²) < 4.78 is 5.23. The second kappa shape index (κ2) is 6.45. The van der Waals surface area contributed by atoms with Crippen molar-refractivity contribution in [3.63, 3.8) is 0 Å². The summed E-state index contributed by atoms with van der Waals surface area (Å²) in [5, 5.41) is 0. The van der Waals surface area contributed by atoms with Gasteiger partial charge in [-0.05, 0) is 18.6 Å². The van der Waals surface area contributed by atoms with Crippen LogP contribution in [0.4, 0.5) is 11.4 Å². The lowest BCUT2D eigenvalue weighted by molar-refractivity contribution is -0.142. The summed E-state index contributed by atoms with van der Waals surface area (Å²) in [4.78, 5) is 16.1. The number of ether oxygens (including phenoxy) is 1. The van der Waals surface area contributed by atoms with Crippen molar-refractivity contribution in [2.45, 2.75) is 19.8 Å². The Balaban J connectivity index is 1.98. The number of fused-ring (bicyclic) bond motifs is 1. The van der Waals surface area contributed by atoms with Crippen molar-refractivity contribution in [1.82, 2.24) is 0 Å². The number of unbranched alkanes of at least 4 members (excludes halogenated alkanes) is 1. The normalized spacial score (nSPS) is 14.2. The largest absolute Gasteiger partial charge is 0.464 e. The fourth-order valence-electron chi connectivity index (χ4n) is 2.26. The molecule has 0 fully saturated rings. The smallest absolute Gasteiger partial charge is 0.325 e. The van der Waals surface area contributed by atoms with Gasteiger partial charge < -0.3 is 14.5 Å². The van der Waals surface area contributed by atoms with Crippen LogP contribution in [0.3, 0.4) is 0 Å². The van der Waals surface area contributed by atoms with Gasteiger partial charge in [0.2, 0.25) is 0 Å². The molecule has 1 aliphatic heterocycles. The average molecular weight is 262 g/mol. The van der Waals surface area contributed by atoms with Crippen LogP contribution in [-0.4, -0.2) is 39.3 Å². The monoisotopic (exact) mass is 262 g/mol. The highest BCUT2D eigenvalue weighted by Crippen LogP contribution is 2.31. The van der Waals surface area contributed by atoms with Crippen LogP contribution in [0.1, 0.15) is 19.8 Å². The molecule has 0 aliphatic carbocycles. The number of carbonyl (C=O) groups excluding carboxylic acids is 1. The lowest BCUT2D eigenvalue weighted by Crippen LogP contribution is -2.42. The molecule has 1 aromatic rings.